The van der Waals surface area contributed by atoms with Gasteiger partial charge in [-0.15, -0.1) is 0 Å². The predicted molar refractivity (Wildman–Crippen MR) is 170 cm³/mol. The molecule has 5 aliphatic carbocycles. The number of carbonyl (C=O) groups is 1. The van der Waals surface area contributed by atoms with E-state index in [0.717, 1.165) is 44.9 Å². The van der Waals surface area contributed by atoms with Crippen molar-refractivity contribution in [3.05, 3.63) is 0 Å². The molecule has 0 unspecified atom stereocenters. The molecule has 0 amide bonds. The Morgan fingerprint density at radius 3 is 2.21 bits per heavy atom. The van der Waals surface area contributed by atoms with E-state index in [2.05, 4.69) is 20.8 Å². The van der Waals surface area contributed by atoms with Crippen LogP contribution in [0.2, 0.25) is 0 Å². The molecule has 8 N–H and O–H groups in total. The van der Waals surface area contributed by atoms with E-state index in [9.17, 15) is 45.6 Å². The number of aliphatic hydroxyl groups excluding tert-OH is 6. The SMILES string of the molecule is C[C@H](CC[C@@H](O)C(C)(C)O)[C@H]1CC[C@@]2(C)[C@@H]3CC[C@H]4[C@](C)(C(=O)O)[C@@H](O[C@@H]5O[C@H](CO)[C@@H](O)[C@H](O)[C@H]5O)C[C@H](O)[C@@]45C[C@@]35CC[C@]12C. The number of aliphatic carboxylic acids is 1. The maximum Gasteiger partial charge on any atom is 0.312 e. The van der Waals surface area contributed by atoms with Gasteiger partial charge in [0.05, 0.1) is 35.9 Å². The highest BCUT2D eigenvalue weighted by atomic mass is 16.7. The molecule has 1 saturated heterocycles. The van der Waals surface area contributed by atoms with Gasteiger partial charge in [0, 0.05) is 11.8 Å². The maximum absolute atomic E-state index is 13.3. The summed E-state index contributed by atoms with van der Waals surface area (Å²) >= 11 is 0. The average Bonchev–Trinajstić information content (AvgIpc) is 3.62. The Balaban J connectivity index is 1.24. The number of carboxylic acids is 1. The molecule has 0 radical (unpaired) electrons. The van der Waals surface area contributed by atoms with Crippen molar-refractivity contribution in [3.63, 3.8) is 0 Å². The van der Waals surface area contributed by atoms with Gasteiger partial charge in [0.1, 0.15) is 24.4 Å². The summed E-state index contributed by atoms with van der Waals surface area (Å²) in [6.45, 7) is 11.6. The number of hydrogen-bond acceptors (Lipinski definition) is 10. The van der Waals surface area contributed by atoms with Crippen molar-refractivity contribution < 1.29 is 55.1 Å². The second-order valence-electron chi connectivity index (χ2n) is 17.9. The Morgan fingerprint density at radius 1 is 0.936 bits per heavy atom. The smallest absolute Gasteiger partial charge is 0.312 e. The molecule has 11 nitrogen and oxygen atoms in total. The summed E-state index contributed by atoms with van der Waals surface area (Å²) in [4.78, 5) is 13.3. The van der Waals surface area contributed by atoms with Gasteiger partial charge in [0.2, 0.25) is 0 Å². The lowest BCUT2D eigenvalue weighted by molar-refractivity contribution is -0.330. The first-order valence-corrected chi connectivity index (χ1v) is 18.0. The molecule has 6 aliphatic rings. The maximum atomic E-state index is 13.3. The van der Waals surface area contributed by atoms with Crippen LogP contribution in [0, 0.1) is 50.7 Å². The minimum absolute atomic E-state index is 0.0243. The standard InChI is InChI=1S/C36H60O11/c1-18(7-10-23(38)31(2,3)45)19-11-12-33(5)21-8-9-22-34(6,30(43)44)25(47-29-28(42)27(41)26(40)20(16-37)46-29)15-24(39)36(22)17-35(21,36)14-13-32(19,33)4/h18-29,37-42,45H,7-17H2,1-6H3,(H,43,44)/t18-,19-,20-,21+,22+,23-,24+,25+,26-,27+,28-,29+,32-,33+,34+,35+,36-/m1/s1. The molecule has 0 bridgehead atoms. The largest absolute Gasteiger partial charge is 0.481 e. The van der Waals surface area contributed by atoms with Crippen molar-refractivity contribution in [2.45, 2.75) is 160 Å². The second kappa shape index (κ2) is 11.6. The van der Waals surface area contributed by atoms with Gasteiger partial charge in [-0.1, -0.05) is 20.8 Å². The van der Waals surface area contributed by atoms with E-state index in [0.29, 0.717) is 30.6 Å². The third-order valence-electron chi connectivity index (χ3n) is 15.8. The first-order valence-electron chi connectivity index (χ1n) is 18.0. The second-order valence-corrected chi connectivity index (χ2v) is 17.9. The zero-order valence-corrected chi connectivity index (χ0v) is 29.0. The minimum Gasteiger partial charge on any atom is -0.481 e. The fourth-order valence-corrected chi connectivity index (χ4v) is 12.8. The van der Waals surface area contributed by atoms with Crippen molar-refractivity contribution in [1.29, 1.82) is 0 Å². The highest BCUT2D eigenvalue weighted by molar-refractivity contribution is 5.76. The van der Waals surface area contributed by atoms with E-state index in [-0.39, 0.29) is 28.6 Å². The van der Waals surface area contributed by atoms with Crippen LogP contribution in [0.25, 0.3) is 0 Å². The van der Waals surface area contributed by atoms with E-state index < -0.39 is 78.0 Å². The molecule has 17 atom stereocenters. The van der Waals surface area contributed by atoms with Crippen LogP contribution in [0.5, 0.6) is 0 Å². The summed E-state index contributed by atoms with van der Waals surface area (Å²) in [7, 11) is 0. The summed E-state index contributed by atoms with van der Waals surface area (Å²) in [6.07, 6.45) is -2.31. The highest BCUT2D eigenvalue weighted by Crippen LogP contribution is 2.89. The number of carboxylic acid groups (broad SMARTS) is 1. The first-order chi connectivity index (χ1) is 21.8. The van der Waals surface area contributed by atoms with Crippen molar-refractivity contribution >= 4 is 5.97 Å². The summed E-state index contributed by atoms with van der Waals surface area (Å²) in [5.41, 5.74) is -3.15. The Hall–Kier alpha value is -0.890. The van der Waals surface area contributed by atoms with Crippen LogP contribution in [0.15, 0.2) is 0 Å². The minimum atomic E-state index is -1.66. The molecule has 1 heterocycles. The summed E-state index contributed by atoms with van der Waals surface area (Å²) in [5, 5.41) is 84.7. The topological polar surface area (TPSA) is 197 Å². The Labute approximate surface area is 278 Å². The van der Waals surface area contributed by atoms with Crippen molar-refractivity contribution in [3.8, 4) is 0 Å². The molecule has 6 rings (SSSR count). The fourth-order valence-electron chi connectivity index (χ4n) is 12.8. The Kier molecular flexibility index (Phi) is 8.84. The van der Waals surface area contributed by atoms with Gasteiger partial charge in [-0.05, 0) is 118 Å². The normalized spacial score (nSPS) is 53.6. The molecule has 1 aliphatic heterocycles. The van der Waals surface area contributed by atoms with Crippen LogP contribution in [0.3, 0.4) is 0 Å². The number of aliphatic hydroxyl groups is 7. The number of hydrogen-bond donors (Lipinski definition) is 8. The fraction of sp³-hybridized carbons (Fsp3) is 0.972. The predicted octanol–water partition coefficient (Wildman–Crippen LogP) is 2.19. The quantitative estimate of drug-likeness (QED) is 0.168. The Morgan fingerprint density at radius 2 is 1.60 bits per heavy atom. The van der Waals surface area contributed by atoms with Crippen molar-refractivity contribution in [2.75, 3.05) is 6.61 Å². The third-order valence-corrected chi connectivity index (χ3v) is 15.8. The zero-order valence-electron chi connectivity index (χ0n) is 29.0. The van der Waals surface area contributed by atoms with Gasteiger partial charge in [0.15, 0.2) is 6.29 Å². The van der Waals surface area contributed by atoms with Crippen LogP contribution >= 0.6 is 0 Å². The van der Waals surface area contributed by atoms with Gasteiger partial charge in [0.25, 0.3) is 0 Å². The molecule has 11 heteroatoms. The highest BCUT2D eigenvalue weighted by Gasteiger charge is 2.86. The van der Waals surface area contributed by atoms with Crippen molar-refractivity contribution in [2.24, 2.45) is 50.7 Å². The molecule has 2 spiro atoms. The van der Waals surface area contributed by atoms with Gasteiger partial charge in [-0.2, -0.15) is 0 Å². The summed E-state index contributed by atoms with van der Waals surface area (Å²) in [6, 6.07) is 0. The molecule has 0 aromatic heterocycles. The Bertz CT molecular complexity index is 1210. The van der Waals surface area contributed by atoms with E-state index >= 15 is 0 Å². The number of ether oxygens (including phenoxy) is 2. The lowest BCUT2D eigenvalue weighted by Crippen LogP contribution is -2.66. The van der Waals surface area contributed by atoms with Crippen LogP contribution in [-0.2, 0) is 14.3 Å². The van der Waals surface area contributed by atoms with Gasteiger partial charge >= 0.3 is 5.97 Å². The summed E-state index contributed by atoms with van der Waals surface area (Å²) in [5.74, 6) is -0.190. The molecule has 0 aromatic carbocycles. The van der Waals surface area contributed by atoms with E-state index in [1.165, 1.54) is 0 Å². The van der Waals surface area contributed by atoms with Crippen LogP contribution in [-0.4, -0.2) is 108 Å². The first kappa shape index (κ1) is 35.9. The lowest BCUT2D eigenvalue weighted by atomic mass is 9.41. The van der Waals surface area contributed by atoms with Crippen LogP contribution in [0.4, 0.5) is 0 Å². The van der Waals surface area contributed by atoms with Crippen LogP contribution < -0.4 is 0 Å². The molecule has 0 aromatic rings. The van der Waals surface area contributed by atoms with Crippen LogP contribution in [0.1, 0.15) is 106 Å². The molecule has 5 saturated carbocycles. The third kappa shape index (κ3) is 4.80. The molecular formula is C36H60O11. The molecule has 270 valence electrons. The summed E-state index contributed by atoms with van der Waals surface area (Å²) < 4.78 is 11.8. The average molecular weight is 669 g/mol. The molecule has 6 fully saturated rings. The number of rotatable bonds is 9. The van der Waals surface area contributed by atoms with Gasteiger partial charge in [-0.3, -0.25) is 4.79 Å². The monoisotopic (exact) mass is 668 g/mol. The van der Waals surface area contributed by atoms with E-state index in [1.54, 1.807) is 20.8 Å². The lowest BCUT2D eigenvalue weighted by Gasteiger charge is -2.64. The van der Waals surface area contributed by atoms with E-state index in [4.69, 9.17) is 9.47 Å². The zero-order chi connectivity index (χ0) is 34.7. The van der Waals surface area contributed by atoms with Gasteiger partial charge in [-0.25, -0.2) is 0 Å². The number of fused-ring (bicyclic) bond motifs is 2. The van der Waals surface area contributed by atoms with Crippen molar-refractivity contribution in [1.82, 2.24) is 0 Å². The molecule has 47 heavy (non-hydrogen) atoms. The van der Waals surface area contributed by atoms with E-state index in [1.807, 2.05) is 0 Å². The molecular weight excluding hydrogens is 608 g/mol. The van der Waals surface area contributed by atoms with Gasteiger partial charge < -0.3 is 50.3 Å².